The summed E-state index contributed by atoms with van der Waals surface area (Å²) in [5.41, 5.74) is 1.20. The van der Waals surface area contributed by atoms with Crippen molar-refractivity contribution in [1.82, 2.24) is 20.4 Å². The smallest absolute Gasteiger partial charge is 0.409 e. The van der Waals surface area contributed by atoms with Gasteiger partial charge in [0.25, 0.3) is 0 Å². The molecule has 1 atom stereocenters. The third-order valence-electron chi connectivity index (χ3n) is 5.16. The van der Waals surface area contributed by atoms with Gasteiger partial charge in [0, 0.05) is 25.7 Å². The molecule has 0 aliphatic carbocycles. The Morgan fingerprint density at radius 1 is 1.19 bits per heavy atom. The van der Waals surface area contributed by atoms with Crippen molar-refractivity contribution in [2.45, 2.75) is 38.8 Å². The first-order valence-electron chi connectivity index (χ1n) is 9.75. The Morgan fingerprint density at radius 2 is 1.81 bits per heavy atom. The summed E-state index contributed by atoms with van der Waals surface area (Å²) in [7, 11) is 1.39. The third kappa shape index (κ3) is 6.13. The van der Waals surface area contributed by atoms with Crippen molar-refractivity contribution >= 4 is 12.1 Å². The second kappa shape index (κ2) is 10.8. The summed E-state index contributed by atoms with van der Waals surface area (Å²) in [6.07, 6.45) is 1.17. The van der Waals surface area contributed by atoms with Crippen LogP contribution in [0.1, 0.15) is 38.3 Å². The van der Waals surface area contributed by atoms with Crippen LogP contribution >= 0.6 is 0 Å². The predicted molar refractivity (Wildman–Crippen MR) is 106 cm³/mol. The first-order valence-corrected chi connectivity index (χ1v) is 9.75. The van der Waals surface area contributed by atoms with E-state index in [-0.39, 0.29) is 24.2 Å². The molecular weight excluding hydrogens is 344 g/mol. The van der Waals surface area contributed by atoms with Gasteiger partial charge in [-0.2, -0.15) is 0 Å². The van der Waals surface area contributed by atoms with Crippen LogP contribution in [0.25, 0.3) is 0 Å². The summed E-state index contributed by atoms with van der Waals surface area (Å²) in [6, 6.07) is 10.3. The van der Waals surface area contributed by atoms with Gasteiger partial charge in [-0.3, -0.25) is 4.90 Å². The molecule has 1 aliphatic rings. The number of piperidine rings is 1. The summed E-state index contributed by atoms with van der Waals surface area (Å²) in [5.74, 6) is 0. The second-order valence-corrected chi connectivity index (χ2v) is 6.73. The highest BCUT2D eigenvalue weighted by Crippen LogP contribution is 2.19. The van der Waals surface area contributed by atoms with Crippen LogP contribution in [0.5, 0.6) is 0 Å². The zero-order valence-electron chi connectivity index (χ0n) is 16.6. The van der Waals surface area contributed by atoms with E-state index in [1.165, 1.54) is 12.7 Å². The Kier molecular flexibility index (Phi) is 8.39. The Morgan fingerprint density at radius 3 is 2.37 bits per heavy atom. The lowest BCUT2D eigenvalue weighted by molar-refractivity contribution is 0.110. The van der Waals surface area contributed by atoms with Gasteiger partial charge in [0.15, 0.2) is 0 Å². The number of hydrogen-bond acceptors (Lipinski definition) is 4. The van der Waals surface area contributed by atoms with Gasteiger partial charge >= 0.3 is 12.1 Å². The van der Waals surface area contributed by atoms with E-state index in [1.807, 2.05) is 18.2 Å². The number of nitrogens with zero attached hydrogens (tertiary/aromatic N) is 2. The molecule has 0 aromatic heterocycles. The highest BCUT2D eigenvalue weighted by molar-refractivity contribution is 5.74. The van der Waals surface area contributed by atoms with Crippen molar-refractivity contribution in [2.75, 3.05) is 39.8 Å². The number of carbonyl (C=O) groups is 2. The first kappa shape index (κ1) is 21.0. The van der Waals surface area contributed by atoms with Crippen molar-refractivity contribution in [3.63, 3.8) is 0 Å². The molecule has 2 rings (SSSR count). The molecular formula is C20H32N4O3. The number of amides is 3. The lowest BCUT2D eigenvalue weighted by Gasteiger charge is -2.32. The molecule has 0 bridgehead atoms. The number of rotatable bonds is 7. The number of carbonyl (C=O) groups excluding carboxylic acids is 2. The molecule has 1 aromatic carbocycles. The number of methoxy groups -OCH3 is 1. The van der Waals surface area contributed by atoms with Gasteiger partial charge in [0.2, 0.25) is 0 Å². The SMILES string of the molecule is CCN(CC)C(CNC(=O)NC1CCN(C(=O)OC)CC1)c1ccccc1. The number of urea groups is 1. The minimum atomic E-state index is -0.303. The van der Waals surface area contributed by atoms with E-state index < -0.39 is 0 Å². The highest BCUT2D eigenvalue weighted by Gasteiger charge is 2.25. The minimum absolute atomic E-state index is 0.0783. The topological polar surface area (TPSA) is 73.9 Å². The van der Waals surface area contributed by atoms with Crippen molar-refractivity contribution in [2.24, 2.45) is 0 Å². The van der Waals surface area contributed by atoms with Crippen molar-refractivity contribution in [3.05, 3.63) is 35.9 Å². The number of ether oxygens (including phenoxy) is 1. The van der Waals surface area contributed by atoms with Crippen LogP contribution in [0.2, 0.25) is 0 Å². The maximum Gasteiger partial charge on any atom is 0.409 e. The molecule has 1 aliphatic heterocycles. The van der Waals surface area contributed by atoms with Gasteiger partial charge < -0.3 is 20.3 Å². The van der Waals surface area contributed by atoms with Crippen LogP contribution in [0, 0.1) is 0 Å². The fraction of sp³-hybridized carbons (Fsp3) is 0.600. The second-order valence-electron chi connectivity index (χ2n) is 6.73. The summed E-state index contributed by atoms with van der Waals surface area (Å²) in [6.45, 7) is 7.87. The van der Waals surface area contributed by atoms with Crippen molar-refractivity contribution in [1.29, 1.82) is 0 Å². The molecule has 0 spiro atoms. The molecule has 1 unspecified atom stereocenters. The average molecular weight is 377 g/mol. The van der Waals surface area contributed by atoms with Crippen LogP contribution in [0.3, 0.4) is 0 Å². The molecule has 27 heavy (non-hydrogen) atoms. The largest absolute Gasteiger partial charge is 0.453 e. The molecule has 150 valence electrons. The molecule has 7 heteroatoms. The third-order valence-corrected chi connectivity index (χ3v) is 5.16. The van der Waals surface area contributed by atoms with Gasteiger partial charge in [-0.1, -0.05) is 44.2 Å². The Balaban J connectivity index is 1.84. The molecule has 1 heterocycles. The van der Waals surface area contributed by atoms with E-state index in [2.05, 4.69) is 41.5 Å². The minimum Gasteiger partial charge on any atom is -0.453 e. The van der Waals surface area contributed by atoms with Crippen LogP contribution in [-0.2, 0) is 4.74 Å². The van der Waals surface area contributed by atoms with E-state index in [0.29, 0.717) is 19.6 Å². The van der Waals surface area contributed by atoms with Crippen LogP contribution in [-0.4, -0.2) is 67.8 Å². The van der Waals surface area contributed by atoms with Gasteiger partial charge in [0.05, 0.1) is 13.2 Å². The Bertz CT molecular complexity index is 584. The van der Waals surface area contributed by atoms with Crippen LogP contribution in [0.4, 0.5) is 9.59 Å². The van der Waals surface area contributed by atoms with E-state index in [0.717, 1.165) is 25.9 Å². The van der Waals surface area contributed by atoms with E-state index >= 15 is 0 Å². The molecule has 3 amide bonds. The Labute approximate surface area is 162 Å². The van der Waals surface area contributed by atoms with Gasteiger partial charge in [-0.15, -0.1) is 0 Å². The quantitative estimate of drug-likeness (QED) is 0.767. The maximum absolute atomic E-state index is 12.4. The lowest BCUT2D eigenvalue weighted by Crippen LogP contribution is -2.50. The summed E-state index contributed by atoms with van der Waals surface area (Å²) >= 11 is 0. The average Bonchev–Trinajstić information content (AvgIpc) is 2.71. The van der Waals surface area contributed by atoms with Crippen molar-refractivity contribution < 1.29 is 14.3 Å². The summed E-state index contributed by atoms with van der Waals surface area (Å²) < 4.78 is 4.74. The highest BCUT2D eigenvalue weighted by atomic mass is 16.5. The summed E-state index contributed by atoms with van der Waals surface area (Å²) in [4.78, 5) is 27.9. The fourth-order valence-electron chi connectivity index (χ4n) is 3.56. The zero-order chi connectivity index (χ0) is 19.6. The summed E-state index contributed by atoms with van der Waals surface area (Å²) in [5, 5.41) is 6.06. The molecule has 1 saturated heterocycles. The number of benzene rings is 1. The number of likely N-dealkylation sites (tertiary alicyclic amines) is 1. The van der Waals surface area contributed by atoms with Gasteiger partial charge in [0.1, 0.15) is 0 Å². The molecule has 1 aromatic rings. The van der Waals surface area contributed by atoms with Gasteiger partial charge in [-0.05, 0) is 31.5 Å². The first-order chi connectivity index (χ1) is 13.1. The van der Waals surface area contributed by atoms with E-state index in [4.69, 9.17) is 4.74 Å². The van der Waals surface area contributed by atoms with Crippen molar-refractivity contribution in [3.8, 4) is 0 Å². The van der Waals surface area contributed by atoms with Crippen LogP contribution < -0.4 is 10.6 Å². The fourth-order valence-corrected chi connectivity index (χ4v) is 3.56. The normalized spacial score (nSPS) is 16.1. The number of nitrogens with one attached hydrogen (secondary N) is 2. The number of likely N-dealkylation sites (N-methyl/N-ethyl adjacent to an activating group) is 1. The van der Waals surface area contributed by atoms with E-state index in [9.17, 15) is 9.59 Å². The number of hydrogen-bond donors (Lipinski definition) is 2. The zero-order valence-corrected chi connectivity index (χ0v) is 16.6. The molecule has 7 nitrogen and oxygen atoms in total. The Hall–Kier alpha value is -2.28. The molecule has 0 saturated carbocycles. The maximum atomic E-state index is 12.4. The van der Waals surface area contributed by atoms with Crippen LogP contribution in [0.15, 0.2) is 30.3 Å². The lowest BCUT2D eigenvalue weighted by atomic mass is 10.0. The standard InChI is InChI=1S/C20H32N4O3/c1-4-23(5-2)18(16-9-7-6-8-10-16)15-21-19(25)22-17-11-13-24(14-12-17)20(26)27-3/h6-10,17-18H,4-5,11-15H2,1-3H3,(H2,21,22,25). The van der Waals surface area contributed by atoms with Gasteiger partial charge in [-0.25, -0.2) is 9.59 Å². The molecule has 1 fully saturated rings. The monoisotopic (exact) mass is 376 g/mol. The molecule has 2 N–H and O–H groups in total. The molecule has 0 radical (unpaired) electrons. The predicted octanol–water partition coefficient (Wildman–Crippen LogP) is 2.60. The van der Waals surface area contributed by atoms with E-state index in [1.54, 1.807) is 4.90 Å².